The molecule has 5 heteroatoms. The maximum Gasteiger partial charge on any atom is 0.223 e. The molecule has 0 atom stereocenters. The molecular formula is C13H17BrN2O2. The number of halogens is 1. The molecule has 1 aromatic rings. The molecule has 1 aliphatic rings. The molecule has 2 rings (SSSR count). The molecule has 1 saturated heterocycles. The van der Waals surface area contributed by atoms with Gasteiger partial charge in [0.1, 0.15) is 5.75 Å². The van der Waals surface area contributed by atoms with E-state index in [0.29, 0.717) is 6.42 Å². The molecule has 1 N–H and O–H groups in total. The number of piperazine rings is 1. The Morgan fingerprint density at radius 2 is 1.78 bits per heavy atom. The fourth-order valence-corrected chi connectivity index (χ4v) is 2.46. The van der Waals surface area contributed by atoms with Crippen molar-refractivity contribution in [3.8, 4) is 5.75 Å². The quantitative estimate of drug-likeness (QED) is 0.866. The summed E-state index contributed by atoms with van der Waals surface area (Å²) < 4.78 is 0. The smallest absolute Gasteiger partial charge is 0.223 e. The summed E-state index contributed by atoms with van der Waals surface area (Å²) in [6, 6.07) is 7.20. The van der Waals surface area contributed by atoms with E-state index in [1.165, 1.54) is 0 Å². The molecule has 0 bridgehead atoms. The number of hydrogen-bond acceptors (Lipinski definition) is 3. The number of rotatable bonds is 3. The molecule has 1 fully saturated rings. The van der Waals surface area contributed by atoms with Crippen LogP contribution in [0.5, 0.6) is 5.75 Å². The zero-order chi connectivity index (χ0) is 13.0. The lowest BCUT2D eigenvalue weighted by Crippen LogP contribution is -2.48. The number of hydrogen-bond donors (Lipinski definition) is 1. The van der Waals surface area contributed by atoms with Crippen LogP contribution in [0.3, 0.4) is 0 Å². The zero-order valence-corrected chi connectivity index (χ0v) is 11.8. The van der Waals surface area contributed by atoms with Gasteiger partial charge in [0.25, 0.3) is 0 Å². The molecule has 0 aromatic heterocycles. The van der Waals surface area contributed by atoms with Crippen LogP contribution in [0, 0.1) is 0 Å². The summed E-state index contributed by atoms with van der Waals surface area (Å²) in [7, 11) is 0. The second-order valence-corrected chi connectivity index (χ2v) is 5.12. The lowest BCUT2D eigenvalue weighted by Gasteiger charge is -2.36. The third-order valence-corrected chi connectivity index (χ3v) is 3.55. The SMILES string of the molecule is O=C(CCBr)N1CCN(c2ccc(O)cc2)CC1. The fourth-order valence-electron chi connectivity index (χ4n) is 2.12. The van der Waals surface area contributed by atoms with Crippen molar-refractivity contribution in [1.82, 2.24) is 4.90 Å². The minimum atomic E-state index is 0.220. The first kappa shape index (κ1) is 13.2. The van der Waals surface area contributed by atoms with E-state index in [0.717, 1.165) is 37.2 Å². The minimum absolute atomic E-state index is 0.220. The van der Waals surface area contributed by atoms with Gasteiger partial charge in [-0.2, -0.15) is 0 Å². The van der Waals surface area contributed by atoms with Crippen LogP contribution in [-0.2, 0) is 4.79 Å². The first-order chi connectivity index (χ1) is 8.70. The Morgan fingerprint density at radius 3 is 2.33 bits per heavy atom. The van der Waals surface area contributed by atoms with Gasteiger partial charge in [0, 0.05) is 43.6 Å². The van der Waals surface area contributed by atoms with E-state index in [1.54, 1.807) is 12.1 Å². The zero-order valence-electron chi connectivity index (χ0n) is 10.2. The van der Waals surface area contributed by atoms with E-state index < -0.39 is 0 Å². The van der Waals surface area contributed by atoms with Crippen molar-refractivity contribution < 1.29 is 9.90 Å². The molecule has 98 valence electrons. The van der Waals surface area contributed by atoms with Crippen LogP contribution in [0.25, 0.3) is 0 Å². The summed E-state index contributed by atoms with van der Waals surface area (Å²) in [4.78, 5) is 15.9. The monoisotopic (exact) mass is 312 g/mol. The molecule has 0 radical (unpaired) electrons. The number of phenols is 1. The Morgan fingerprint density at radius 1 is 1.17 bits per heavy atom. The van der Waals surface area contributed by atoms with Gasteiger partial charge >= 0.3 is 0 Å². The van der Waals surface area contributed by atoms with Crippen molar-refractivity contribution in [2.24, 2.45) is 0 Å². The van der Waals surface area contributed by atoms with Crippen LogP contribution in [0.15, 0.2) is 24.3 Å². The number of aromatic hydroxyl groups is 1. The fraction of sp³-hybridized carbons (Fsp3) is 0.462. The van der Waals surface area contributed by atoms with Gasteiger partial charge in [-0.05, 0) is 24.3 Å². The summed E-state index contributed by atoms with van der Waals surface area (Å²) in [5.74, 6) is 0.502. The number of phenolic OH excluding ortho intramolecular Hbond substituents is 1. The van der Waals surface area contributed by atoms with Crippen LogP contribution in [-0.4, -0.2) is 47.4 Å². The maximum absolute atomic E-state index is 11.7. The number of carbonyl (C=O) groups is 1. The molecule has 0 unspecified atom stereocenters. The molecular weight excluding hydrogens is 296 g/mol. The maximum atomic E-state index is 11.7. The molecule has 1 heterocycles. The number of alkyl halides is 1. The van der Waals surface area contributed by atoms with Crippen LogP contribution < -0.4 is 4.90 Å². The topological polar surface area (TPSA) is 43.8 Å². The van der Waals surface area contributed by atoms with Crippen LogP contribution in [0.2, 0.25) is 0 Å². The van der Waals surface area contributed by atoms with Crippen molar-refractivity contribution in [2.45, 2.75) is 6.42 Å². The Kier molecular flexibility index (Phi) is 4.47. The predicted octanol–water partition coefficient (Wildman–Crippen LogP) is 1.83. The van der Waals surface area contributed by atoms with Crippen LogP contribution in [0.1, 0.15) is 6.42 Å². The number of amides is 1. The first-order valence-corrected chi connectivity index (χ1v) is 7.20. The average molecular weight is 313 g/mol. The summed E-state index contributed by atoms with van der Waals surface area (Å²) >= 11 is 3.29. The van der Waals surface area contributed by atoms with E-state index >= 15 is 0 Å². The largest absolute Gasteiger partial charge is 0.508 e. The van der Waals surface area contributed by atoms with Gasteiger partial charge in [0.15, 0.2) is 0 Å². The standard InChI is InChI=1S/C13H17BrN2O2/c14-6-5-13(18)16-9-7-15(8-10-16)11-1-3-12(17)4-2-11/h1-4,17H,5-10H2. The molecule has 4 nitrogen and oxygen atoms in total. The third-order valence-electron chi connectivity index (χ3n) is 3.16. The van der Waals surface area contributed by atoms with Gasteiger partial charge < -0.3 is 14.9 Å². The summed E-state index contributed by atoms with van der Waals surface area (Å²) in [5.41, 5.74) is 1.10. The van der Waals surface area contributed by atoms with Crippen LogP contribution in [0.4, 0.5) is 5.69 Å². The minimum Gasteiger partial charge on any atom is -0.508 e. The number of carbonyl (C=O) groups excluding carboxylic acids is 1. The molecule has 18 heavy (non-hydrogen) atoms. The normalized spacial score (nSPS) is 15.8. The summed E-state index contributed by atoms with van der Waals surface area (Å²) in [6.45, 7) is 3.23. The summed E-state index contributed by atoms with van der Waals surface area (Å²) in [6.07, 6.45) is 0.569. The van der Waals surface area contributed by atoms with E-state index in [4.69, 9.17) is 0 Å². The van der Waals surface area contributed by atoms with E-state index in [2.05, 4.69) is 20.8 Å². The first-order valence-electron chi connectivity index (χ1n) is 6.08. The lowest BCUT2D eigenvalue weighted by atomic mass is 10.2. The molecule has 1 aromatic carbocycles. The number of anilines is 1. The van der Waals surface area contributed by atoms with Crippen molar-refractivity contribution >= 4 is 27.5 Å². The van der Waals surface area contributed by atoms with Crippen molar-refractivity contribution in [3.05, 3.63) is 24.3 Å². The van der Waals surface area contributed by atoms with Crippen LogP contribution >= 0.6 is 15.9 Å². The van der Waals surface area contributed by atoms with Gasteiger partial charge in [0.2, 0.25) is 5.91 Å². The van der Waals surface area contributed by atoms with Gasteiger partial charge in [-0.15, -0.1) is 0 Å². The van der Waals surface area contributed by atoms with Gasteiger partial charge in [-0.1, -0.05) is 15.9 Å². The molecule has 0 saturated carbocycles. The Hall–Kier alpha value is -1.23. The lowest BCUT2D eigenvalue weighted by molar-refractivity contribution is -0.131. The van der Waals surface area contributed by atoms with E-state index in [-0.39, 0.29) is 11.7 Å². The highest BCUT2D eigenvalue weighted by Gasteiger charge is 2.20. The van der Waals surface area contributed by atoms with Gasteiger partial charge in [-0.3, -0.25) is 4.79 Å². The Balaban J connectivity index is 1.90. The second kappa shape index (κ2) is 6.09. The highest BCUT2D eigenvalue weighted by molar-refractivity contribution is 9.09. The number of nitrogens with zero attached hydrogens (tertiary/aromatic N) is 2. The summed E-state index contributed by atoms with van der Waals surface area (Å²) in [5, 5.41) is 9.98. The molecule has 0 aliphatic carbocycles. The average Bonchev–Trinajstić information content (AvgIpc) is 2.40. The van der Waals surface area contributed by atoms with Gasteiger partial charge in [-0.25, -0.2) is 0 Å². The van der Waals surface area contributed by atoms with Gasteiger partial charge in [0.05, 0.1) is 0 Å². The predicted molar refractivity (Wildman–Crippen MR) is 75.3 cm³/mol. The Bertz CT molecular complexity index is 400. The highest BCUT2D eigenvalue weighted by Crippen LogP contribution is 2.19. The van der Waals surface area contributed by atoms with Crippen molar-refractivity contribution in [3.63, 3.8) is 0 Å². The Labute approximate surface area is 115 Å². The highest BCUT2D eigenvalue weighted by atomic mass is 79.9. The van der Waals surface area contributed by atoms with Crippen molar-refractivity contribution in [2.75, 3.05) is 36.4 Å². The number of benzene rings is 1. The molecule has 1 aliphatic heterocycles. The molecule has 1 amide bonds. The molecule has 0 spiro atoms. The second-order valence-electron chi connectivity index (χ2n) is 4.32. The van der Waals surface area contributed by atoms with E-state index in [1.807, 2.05) is 17.0 Å². The van der Waals surface area contributed by atoms with E-state index in [9.17, 15) is 9.90 Å². The van der Waals surface area contributed by atoms with Crippen molar-refractivity contribution in [1.29, 1.82) is 0 Å². The third kappa shape index (κ3) is 3.16.